The van der Waals surface area contributed by atoms with Gasteiger partial charge in [0, 0.05) is 0 Å². The van der Waals surface area contributed by atoms with Crippen LogP contribution in [0, 0.1) is 6.92 Å². The lowest BCUT2D eigenvalue weighted by Gasteiger charge is -2.42. The highest BCUT2D eigenvalue weighted by atomic mass is 32.2. The van der Waals surface area contributed by atoms with E-state index in [1.807, 2.05) is 12.1 Å². The van der Waals surface area contributed by atoms with Crippen LogP contribution in [0.3, 0.4) is 0 Å². The molecular formula is C23H28O2S. The van der Waals surface area contributed by atoms with Gasteiger partial charge >= 0.3 is 0 Å². The summed E-state index contributed by atoms with van der Waals surface area (Å²) in [5.74, 6) is 0. The van der Waals surface area contributed by atoms with E-state index in [9.17, 15) is 8.76 Å². The maximum absolute atomic E-state index is 11.2. The topological polar surface area (TPSA) is 37.3 Å². The van der Waals surface area contributed by atoms with Gasteiger partial charge in [-0.2, -0.15) is 0 Å². The van der Waals surface area contributed by atoms with Crippen molar-refractivity contribution < 1.29 is 8.76 Å². The molecule has 2 nitrogen and oxygen atoms in total. The third-order valence-electron chi connectivity index (χ3n) is 5.93. The van der Waals surface area contributed by atoms with Crippen LogP contribution in [0.5, 0.6) is 0 Å². The summed E-state index contributed by atoms with van der Waals surface area (Å²) in [6.45, 7) is 15.8. The standard InChI is InChI=1S/C23H28O2S/c1-15-13-20-21(23(5,6)12-11-22(20,3)4)14-19(15)16(2)17-7-9-18(10-8-17)26(24)25/h7-10,13-14H,2,11-12H2,1,3-6H3,(H,24,25). The number of fused-ring (bicyclic) bond motifs is 1. The van der Waals surface area contributed by atoms with Gasteiger partial charge in [-0.3, -0.25) is 0 Å². The maximum Gasteiger partial charge on any atom is 0.186 e. The molecule has 2 aromatic rings. The maximum atomic E-state index is 11.2. The van der Waals surface area contributed by atoms with Gasteiger partial charge in [-0.25, -0.2) is 4.21 Å². The third-order valence-corrected chi connectivity index (χ3v) is 6.60. The fourth-order valence-corrected chi connectivity index (χ4v) is 4.34. The van der Waals surface area contributed by atoms with Crippen molar-refractivity contribution >= 4 is 16.7 Å². The van der Waals surface area contributed by atoms with E-state index in [1.54, 1.807) is 12.1 Å². The lowest BCUT2D eigenvalue weighted by Crippen LogP contribution is -2.34. The molecule has 1 aliphatic carbocycles. The minimum atomic E-state index is -1.95. The van der Waals surface area contributed by atoms with Crippen LogP contribution < -0.4 is 0 Å². The average Bonchev–Trinajstić information content (AvgIpc) is 2.58. The average molecular weight is 369 g/mol. The summed E-state index contributed by atoms with van der Waals surface area (Å²) in [7, 11) is 0. The van der Waals surface area contributed by atoms with Crippen molar-refractivity contribution in [3.63, 3.8) is 0 Å². The Kier molecular flexibility index (Phi) is 4.74. The number of benzene rings is 2. The molecule has 3 heteroatoms. The zero-order chi connectivity index (χ0) is 19.3. The van der Waals surface area contributed by atoms with Crippen molar-refractivity contribution in [1.29, 1.82) is 0 Å². The molecule has 0 radical (unpaired) electrons. The first-order chi connectivity index (χ1) is 12.0. The molecule has 0 heterocycles. The molecule has 0 bridgehead atoms. The van der Waals surface area contributed by atoms with Crippen LogP contribution in [0.2, 0.25) is 0 Å². The summed E-state index contributed by atoms with van der Waals surface area (Å²) < 4.78 is 20.4. The SMILES string of the molecule is C=C(c1ccc(S(=O)O)cc1)c1cc2c(cc1C)C(C)(C)CCC2(C)C. The number of hydrogen-bond acceptors (Lipinski definition) is 1. The van der Waals surface area contributed by atoms with Gasteiger partial charge in [-0.15, -0.1) is 0 Å². The molecule has 3 rings (SSSR count). The van der Waals surface area contributed by atoms with Crippen molar-refractivity contribution in [1.82, 2.24) is 0 Å². The van der Waals surface area contributed by atoms with Crippen LogP contribution >= 0.6 is 0 Å². The summed E-state index contributed by atoms with van der Waals surface area (Å²) in [5.41, 5.74) is 7.56. The van der Waals surface area contributed by atoms with Crippen molar-refractivity contribution in [2.75, 3.05) is 0 Å². The van der Waals surface area contributed by atoms with Crippen molar-refractivity contribution in [3.8, 4) is 0 Å². The summed E-state index contributed by atoms with van der Waals surface area (Å²) in [4.78, 5) is 0.409. The van der Waals surface area contributed by atoms with E-state index in [2.05, 4.69) is 53.3 Å². The number of hydrogen-bond donors (Lipinski definition) is 1. The predicted octanol–water partition coefficient (Wildman–Crippen LogP) is 5.99. The summed E-state index contributed by atoms with van der Waals surface area (Å²) in [6.07, 6.45) is 2.38. The predicted molar refractivity (Wildman–Crippen MR) is 110 cm³/mol. The lowest BCUT2D eigenvalue weighted by molar-refractivity contribution is 0.331. The van der Waals surface area contributed by atoms with Crippen LogP contribution in [0.25, 0.3) is 5.57 Å². The zero-order valence-corrected chi connectivity index (χ0v) is 17.2. The molecule has 0 saturated heterocycles. The van der Waals surface area contributed by atoms with Gasteiger partial charge < -0.3 is 4.55 Å². The molecular weight excluding hydrogens is 340 g/mol. The molecule has 0 aromatic heterocycles. The van der Waals surface area contributed by atoms with E-state index in [-0.39, 0.29) is 10.8 Å². The molecule has 1 unspecified atom stereocenters. The van der Waals surface area contributed by atoms with Gasteiger partial charge in [0.15, 0.2) is 11.1 Å². The Labute approximate surface area is 159 Å². The van der Waals surface area contributed by atoms with Gasteiger partial charge in [0.05, 0.1) is 4.90 Å². The summed E-state index contributed by atoms with van der Waals surface area (Å²) in [5, 5.41) is 0. The quantitative estimate of drug-likeness (QED) is 0.676. The molecule has 0 saturated carbocycles. The van der Waals surface area contributed by atoms with E-state index in [4.69, 9.17) is 0 Å². The minimum Gasteiger partial charge on any atom is -0.302 e. The van der Waals surface area contributed by atoms with E-state index < -0.39 is 11.1 Å². The largest absolute Gasteiger partial charge is 0.302 e. The molecule has 1 aliphatic rings. The molecule has 26 heavy (non-hydrogen) atoms. The number of aryl methyl sites for hydroxylation is 1. The van der Waals surface area contributed by atoms with Crippen LogP contribution in [0.4, 0.5) is 0 Å². The monoisotopic (exact) mass is 368 g/mol. The van der Waals surface area contributed by atoms with Crippen LogP contribution in [0.15, 0.2) is 47.9 Å². The summed E-state index contributed by atoms with van der Waals surface area (Å²) in [6, 6.07) is 11.8. The molecule has 1 N–H and O–H groups in total. The van der Waals surface area contributed by atoms with Crippen LogP contribution in [-0.4, -0.2) is 8.76 Å². The first kappa shape index (κ1) is 19.1. The van der Waals surface area contributed by atoms with E-state index in [1.165, 1.54) is 29.5 Å². The molecule has 2 aromatic carbocycles. The van der Waals surface area contributed by atoms with E-state index in [0.29, 0.717) is 4.90 Å². The van der Waals surface area contributed by atoms with Crippen molar-refractivity contribution in [3.05, 3.63) is 70.8 Å². The molecule has 0 fully saturated rings. The highest BCUT2D eigenvalue weighted by Gasteiger charge is 2.37. The summed E-state index contributed by atoms with van der Waals surface area (Å²) >= 11 is -1.95. The Bertz CT molecular complexity index is 889. The molecule has 1 atom stereocenters. The highest BCUT2D eigenvalue weighted by molar-refractivity contribution is 7.79. The van der Waals surface area contributed by atoms with Gasteiger partial charge in [0.1, 0.15) is 0 Å². The first-order valence-electron chi connectivity index (χ1n) is 9.09. The smallest absolute Gasteiger partial charge is 0.186 e. The fourth-order valence-electron chi connectivity index (χ4n) is 3.98. The van der Waals surface area contributed by atoms with Crippen molar-refractivity contribution in [2.24, 2.45) is 0 Å². The van der Waals surface area contributed by atoms with E-state index in [0.717, 1.165) is 16.7 Å². The Hall–Kier alpha value is -1.71. The van der Waals surface area contributed by atoms with E-state index >= 15 is 0 Å². The molecule has 138 valence electrons. The Morgan fingerprint density at radius 2 is 1.50 bits per heavy atom. The van der Waals surface area contributed by atoms with Crippen LogP contribution in [0.1, 0.15) is 68.4 Å². The van der Waals surface area contributed by atoms with Gasteiger partial charge in [-0.05, 0) is 76.1 Å². The minimum absolute atomic E-state index is 0.158. The second-order valence-electron chi connectivity index (χ2n) is 8.73. The fraction of sp³-hybridized carbons (Fsp3) is 0.391. The molecule has 0 spiro atoms. The number of rotatable bonds is 3. The third kappa shape index (κ3) is 3.30. The second kappa shape index (κ2) is 6.47. The molecule has 0 amide bonds. The van der Waals surface area contributed by atoms with Crippen molar-refractivity contribution in [2.45, 2.75) is 63.2 Å². The highest BCUT2D eigenvalue weighted by Crippen LogP contribution is 2.47. The Balaban J connectivity index is 2.09. The van der Waals surface area contributed by atoms with Gasteiger partial charge in [0.25, 0.3) is 0 Å². The zero-order valence-electron chi connectivity index (χ0n) is 16.3. The second-order valence-corrected chi connectivity index (χ2v) is 9.70. The Morgan fingerprint density at radius 3 is 2.00 bits per heavy atom. The normalized spacial score (nSPS) is 18.8. The molecule has 0 aliphatic heterocycles. The lowest BCUT2D eigenvalue weighted by atomic mass is 9.62. The van der Waals surface area contributed by atoms with Gasteiger partial charge in [0.2, 0.25) is 0 Å². The first-order valence-corrected chi connectivity index (χ1v) is 10.2. The van der Waals surface area contributed by atoms with Gasteiger partial charge in [-0.1, -0.05) is 58.5 Å². The Morgan fingerprint density at radius 1 is 1.00 bits per heavy atom. The van der Waals surface area contributed by atoms with Crippen LogP contribution in [-0.2, 0) is 21.9 Å².